The van der Waals surface area contributed by atoms with Crippen LogP contribution in [0.4, 0.5) is 17.6 Å². The highest BCUT2D eigenvalue weighted by atomic mass is 79.9. The molecule has 0 unspecified atom stereocenters. The summed E-state index contributed by atoms with van der Waals surface area (Å²) in [5, 5.41) is 2.42. The number of amides is 1. The molecule has 0 aliphatic carbocycles. The molecule has 1 amide bonds. The number of nitrogens with one attached hydrogen (secondary N) is 1. The van der Waals surface area contributed by atoms with Crippen molar-refractivity contribution in [3.63, 3.8) is 0 Å². The number of benzene rings is 2. The van der Waals surface area contributed by atoms with Gasteiger partial charge in [-0.25, -0.2) is 9.37 Å². The van der Waals surface area contributed by atoms with Crippen LogP contribution in [0.2, 0.25) is 25.7 Å². The summed E-state index contributed by atoms with van der Waals surface area (Å²) in [6.45, 7) is 6.85. The molecule has 0 radical (unpaired) electrons. The van der Waals surface area contributed by atoms with Crippen molar-refractivity contribution in [2.45, 2.75) is 45.1 Å². The zero-order valence-corrected chi connectivity index (χ0v) is 21.0. The highest BCUT2D eigenvalue weighted by molar-refractivity contribution is 9.10. The highest BCUT2D eigenvalue weighted by Crippen LogP contribution is 2.33. The van der Waals surface area contributed by atoms with E-state index in [1.54, 1.807) is 23.0 Å². The SMILES string of the molecule is C[Si](C)(C)CCOCn1cnc2cc(Br)cc(C(=O)NCc3c(F)cccc3C(F)(F)F)c21. The summed E-state index contributed by atoms with van der Waals surface area (Å²) >= 11 is 3.33. The van der Waals surface area contributed by atoms with Crippen molar-refractivity contribution in [3.8, 4) is 0 Å². The van der Waals surface area contributed by atoms with Gasteiger partial charge >= 0.3 is 6.18 Å². The lowest BCUT2D eigenvalue weighted by molar-refractivity contribution is -0.138. The molecule has 1 aromatic heterocycles. The molecule has 0 fully saturated rings. The molecule has 1 heterocycles. The Kier molecular flexibility index (Phi) is 7.64. The third-order valence-electron chi connectivity index (χ3n) is 5.00. The van der Waals surface area contributed by atoms with Crippen molar-refractivity contribution in [3.05, 3.63) is 63.6 Å². The van der Waals surface area contributed by atoms with E-state index in [4.69, 9.17) is 4.74 Å². The molecule has 2 aromatic carbocycles. The third-order valence-corrected chi connectivity index (χ3v) is 7.16. The number of hydrogen-bond acceptors (Lipinski definition) is 3. The summed E-state index contributed by atoms with van der Waals surface area (Å²) in [5.41, 5.74) is -0.551. The number of fused-ring (bicyclic) bond motifs is 1. The van der Waals surface area contributed by atoms with Crippen LogP contribution in [0.25, 0.3) is 11.0 Å². The summed E-state index contributed by atoms with van der Waals surface area (Å²) in [4.78, 5) is 17.3. The summed E-state index contributed by atoms with van der Waals surface area (Å²) in [5.74, 6) is -1.69. The topological polar surface area (TPSA) is 56.2 Å². The van der Waals surface area contributed by atoms with Crippen molar-refractivity contribution >= 4 is 40.9 Å². The van der Waals surface area contributed by atoms with Gasteiger partial charge in [-0.15, -0.1) is 0 Å². The van der Waals surface area contributed by atoms with Crippen LogP contribution < -0.4 is 5.32 Å². The monoisotopic (exact) mass is 545 g/mol. The van der Waals surface area contributed by atoms with Crippen molar-refractivity contribution in [2.24, 2.45) is 0 Å². The molecule has 0 spiro atoms. The number of halogens is 5. The van der Waals surface area contributed by atoms with Gasteiger partial charge in [-0.2, -0.15) is 13.2 Å². The van der Waals surface area contributed by atoms with E-state index in [-0.39, 0.29) is 12.3 Å². The summed E-state index contributed by atoms with van der Waals surface area (Å²) in [6.07, 6.45) is -3.20. The predicted molar refractivity (Wildman–Crippen MR) is 124 cm³/mol. The number of hydrogen-bond donors (Lipinski definition) is 1. The van der Waals surface area contributed by atoms with E-state index < -0.39 is 43.6 Å². The minimum atomic E-state index is -4.74. The zero-order chi connectivity index (χ0) is 24.4. The van der Waals surface area contributed by atoms with Gasteiger partial charge in [-0.3, -0.25) is 4.79 Å². The first kappa shape index (κ1) is 25.4. The van der Waals surface area contributed by atoms with Gasteiger partial charge in [0.15, 0.2) is 0 Å². The molecule has 5 nitrogen and oxygen atoms in total. The Bertz CT molecular complexity index is 1160. The van der Waals surface area contributed by atoms with E-state index in [9.17, 15) is 22.4 Å². The van der Waals surface area contributed by atoms with E-state index in [2.05, 4.69) is 45.9 Å². The smallest absolute Gasteiger partial charge is 0.361 e. The Morgan fingerprint density at radius 2 is 1.97 bits per heavy atom. The van der Waals surface area contributed by atoms with Gasteiger partial charge in [0, 0.05) is 31.3 Å². The number of alkyl halides is 3. The van der Waals surface area contributed by atoms with Gasteiger partial charge in [0.2, 0.25) is 0 Å². The quantitative estimate of drug-likeness (QED) is 0.208. The lowest BCUT2D eigenvalue weighted by Gasteiger charge is -2.16. The van der Waals surface area contributed by atoms with Crippen LogP contribution in [0, 0.1) is 5.82 Å². The molecule has 33 heavy (non-hydrogen) atoms. The second-order valence-corrected chi connectivity index (χ2v) is 15.4. The van der Waals surface area contributed by atoms with Crippen molar-refractivity contribution in [2.75, 3.05) is 6.61 Å². The van der Waals surface area contributed by atoms with E-state index in [1.165, 1.54) is 0 Å². The van der Waals surface area contributed by atoms with Gasteiger partial charge in [0.1, 0.15) is 12.5 Å². The van der Waals surface area contributed by atoms with Crippen LogP contribution >= 0.6 is 15.9 Å². The maximum absolute atomic E-state index is 14.1. The molecule has 0 saturated heterocycles. The molecular formula is C22H24BrF4N3O2Si. The fourth-order valence-corrected chi connectivity index (χ4v) is 4.46. The number of carbonyl (C=O) groups excluding carboxylic acids is 1. The first-order valence-corrected chi connectivity index (χ1v) is 14.7. The van der Waals surface area contributed by atoms with Crippen LogP contribution in [0.15, 0.2) is 41.1 Å². The fourth-order valence-electron chi connectivity index (χ4n) is 3.25. The van der Waals surface area contributed by atoms with Crippen LogP contribution in [0.3, 0.4) is 0 Å². The van der Waals surface area contributed by atoms with E-state index in [0.717, 1.165) is 24.2 Å². The molecule has 178 valence electrons. The molecule has 0 saturated carbocycles. The summed E-state index contributed by atoms with van der Waals surface area (Å²) in [7, 11) is -1.27. The first-order chi connectivity index (χ1) is 15.4. The largest absolute Gasteiger partial charge is 0.416 e. The fraction of sp³-hybridized carbons (Fsp3) is 0.364. The average Bonchev–Trinajstić information content (AvgIpc) is 3.10. The number of carbonyl (C=O) groups is 1. The van der Waals surface area contributed by atoms with Gasteiger partial charge in [0.05, 0.1) is 28.5 Å². The molecule has 3 rings (SSSR count). The average molecular weight is 546 g/mol. The van der Waals surface area contributed by atoms with Crippen LogP contribution in [-0.4, -0.2) is 30.1 Å². The van der Waals surface area contributed by atoms with Gasteiger partial charge in [0.25, 0.3) is 5.91 Å². The summed E-state index contributed by atoms with van der Waals surface area (Å²) in [6, 6.07) is 6.95. The Morgan fingerprint density at radius 3 is 2.64 bits per heavy atom. The Hall–Kier alpha value is -2.24. The molecule has 0 aliphatic heterocycles. The minimum absolute atomic E-state index is 0.175. The Morgan fingerprint density at radius 1 is 1.24 bits per heavy atom. The standard InChI is InChI=1S/C22H24BrF4N3O2Si/c1-33(2,3)8-7-32-13-30-12-29-19-10-14(23)9-15(20(19)30)21(31)28-11-16-17(22(25,26)27)5-4-6-18(16)24/h4-6,9-10,12H,7-8,11,13H2,1-3H3,(H,28,31). The normalized spacial score (nSPS) is 12.4. The van der Waals surface area contributed by atoms with Gasteiger partial charge < -0.3 is 14.6 Å². The molecule has 0 atom stereocenters. The molecule has 11 heteroatoms. The maximum atomic E-state index is 14.1. The maximum Gasteiger partial charge on any atom is 0.416 e. The third kappa shape index (κ3) is 6.42. The number of aromatic nitrogens is 2. The number of nitrogens with zero attached hydrogens (tertiary/aromatic N) is 2. The number of ether oxygens (including phenoxy) is 1. The Labute approximate surface area is 198 Å². The van der Waals surface area contributed by atoms with Crippen LogP contribution in [-0.2, 0) is 24.2 Å². The number of rotatable bonds is 8. The van der Waals surface area contributed by atoms with Crippen molar-refractivity contribution < 1.29 is 27.1 Å². The van der Waals surface area contributed by atoms with Crippen LogP contribution in [0.5, 0.6) is 0 Å². The summed E-state index contributed by atoms with van der Waals surface area (Å²) < 4.78 is 61.9. The number of imidazole rings is 1. The molecule has 1 N–H and O–H groups in total. The van der Waals surface area contributed by atoms with Gasteiger partial charge in [-0.05, 0) is 30.3 Å². The molecule has 0 aliphatic rings. The zero-order valence-electron chi connectivity index (χ0n) is 18.4. The van der Waals surface area contributed by atoms with E-state index >= 15 is 0 Å². The van der Waals surface area contributed by atoms with Gasteiger partial charge in [-0.1, -0.05) is 41.6 Å². The second kappa shape index (κ2) is 9.94. The first-order valence-electron chi connectivity index (χ1n) is 10.2. The van der Waals surface area contributed by atoms with Crippen molar-refractivity contribution in [1.29, 1.82) is 0 Å². The molecule has 3 aromatic rings. The van der Waals surface area contributed by atoms with Crippen molar-refractivity contribution in [1.82, 2.24) is 14.9 Å². The van der Waals surface area contributed by atoms with Crippen LogP contribution in [0.1, 0.15) is 21.5 Å². The predicted octanol–water partition coefficient (Wildman–Crippen LogP) is 6.20. The second-order valence-electron chi connectivity index (χ2n) is 8.83. The molecule has 0 bridgehead atoms. The lowest BCUT2D eigenvalue weighted by atomic mass is 10.1. The minimum Gasteiger partial charge on any atom is -0.361 e. The van der Waals surface area contributed by atoms with E-state index in [0.29, 0.717) is 22.1 Å². The highest BCUT2D eigenvalue weighted by Gasteiger charge is 2.34. The van der Waals surface area contributed by atoms with E-state index in [1.807, 2.05) is 0 Å². The molecular weight excluding hydrogens is 522 g/mol. The lowest BCUT2D eigenvalue weighted by Crippen LogP contribution is -2.26. The Balaban J connectivity index is 1.84.